The lowest BCUT2D eigenvalue weighted by Gasteiger charge is -2.27. The molecule has 0 fully saturated rings. The molecular formula is C45H35N3Si. The molecule has 0 atom stereocenters. The van der Waals surface area contributed by atoms with Crippen molar-refractivity contribution >= 4 is 57.2 Å². The lowest BCUT2D eigenvalue weighted by Crippen LogP contribution is -2.28. The highest BCUT2D eigenvalue weighted by atomic mass is 28.3. The van der Waals surface area contributed by atoms with Gasteiger partial charge in [-0.2, -0.15) is 0 Å². The summed E-state index contributed by atoms with van der Waals surface area (Å²) in [6, 6.07) is 56.9. The molecule has 9 rings (SSSR count). The van der Waals surface area contributed by atoms with Crippen molar-refractivity contribution in [3.63, 3.8) is 0 Å². The van der Waals surface area contributed by atoms with Crippen molar-refractivity contribution in [3.05, 3.63) is 186 Å². The molecule has 234 valence electrons. The summed E-state index contributed by atoms with van der Waals surface area (Å²) in [5, 5.41) is 3.98. The Morgan fingerprint density at radius 1 is 0.469 bits per heavy atom. The normalized spacial score (nSPS) is 14.4. The smallest absolute Gasteiger partial charge is 0.149 e. The number of aryl methyl sites for hydroxylation is 1. The van der Waals surface area contributed by atoms with Crippen molar-refractivity contribution in [2.45, 2.75) is 20.0 Å². The number of allylic oxidation sites excluding steroid dienone is 2. The monoisotopic (exact) mass is 645 g/mol. The van der Waals surface area contributed by atoms with Gasteiger partial charge in [-0.1, -0.05) is 146 Å². The van der Waals surface area contributed by atoms with E-state index in [9.17, 15) is 0 Å². The Hall–Kier alpha value is -5.84. The van der Waals surface area contributed by atoms with E-state index in [1.54, 1.807) is 0 Å². The zero-order valence-electron chi connectivity index (χ0n) is 27.9. The summed E-state index contributed by atoms with van der Waals surface area (Å²) >= 11 is 0. The van der Waals surface area contributed by atoms with Crippen molar-refractivity contribution in [2.75, 3.05) is 0 Å². The van der Waals surface area contributed by atoms with Gasteiger partial charge < -0.3 is 0 Å². The number of imidazole rings is 1. The summed E-state index contributed by atoms with van der Waals surface area (Å²) in [6.07, 6.45) is 0. The van der Waals surface area contributed by atoms with E-state index in [-0.39, 0.29) is 0 Å². The van der Waals surface area contributed by atoms with E-state index in [0.717, 1.165) is 39.0 Å². The molecular weight excluding hydrogens is 611 g/mol. The summed E-state index contributed by atoms with van der Waals surface area (Å²) in [5.74, 6) is 0.902. The second kappa shape index (κ2) is 11.4. The molecule has 2 aromatic heterocycles. The molecule has 0 spiro atoms. The number of hydrogen-bond donors (Lipinski definition) is 0. The van der Waals surface area contributed by atoms with Crippen LogP contribution in [0.5, 0.6) is 0 Å². The van der Waals surface area contributed by atoms with Crippen LogP contribution in [0.2, 0.25) is 13.1 Å². The van der Waals surface area contributed by atoms with Crippen molar-refractivity contribution in [2.24, 2.45) is 0 Å². The van der Waals surface area contributed by atoms with E-state index in [2.05, 4.69) is 182 Å². The third-order valence-electron chi connectivity index (χ3n) is 9.99. The molecule has 6 aromatic carbocycles. The number of benzene rings is 6. The Morgan fingerprint density at radius 2 is 1.00 bits per heavy atom. The number of aromatic nitrogens is 3. The van der Waals surface area contributed by atoms with Gasteiger partial charge in [0.25, 0.3) is 0 Å². The number of para-hydroxylation sites is 3. The molecule has 3 heterocycles. The van der Waals surface area contributed by atoms with Gasteiger partial charge in [0.05, 0.1) is 16.6 Å². The van der Waals surface area contributed by atoms with Gasteiger partial charge in [-0.3, -0.25) is 4.40 Å². The SMILES string of the molecule is Cc1cccc(C2=C(c3ccccc3)C(c3ccccc3)=C(c3cccc(-c4nc5ccccc5c5nc6ccccc6n45)c3)[Si]2(C)C)c1. The first-order chi connectivity index (χ1) is 24.0. The first kappa shape index (κ1) is 29.3. The molecule has 0 saturated carbocycles. The first-order valence-electron chi connectivity index (χ1n) is 16.9. The van der Waals surface area contributed by atoms with Crippen LogP contribution >= 0.6 is 0 Å². The molecule has 0 radical (unpaired) electrons. The number of nitrogens with zero attached hydrogens (tertiary/aromatic N) is 3. The van der Waals surface area contributed by atoms with E-state index in [4.69, 9.17) is 9.97 Å². The van der Waals surface area contributed by atoms with E-state index < -0.39 is 8.07 Å². The Morgan fingerprint density at radius 3 is 1.67 bits per heavy atom. The van der Waals surface area contributed by atoms with Crippen LogP contribution in [0.1, 0.15) is 27.8 Å². The van der Waals surface area contributed by atoms with Crippen LogP contribution in [0, 0.1) is 6.92 Å². The molecule has 0 unspecified atom stereocenters. The Bertz CT molecular complexity index is 2630. The average molecular weight is 646 g/mol. The van der Waals surface area contributed by atoms with Gasteiger partial charge in [0.1, 0.15) is 19.5 Å². The molecule has 1 aliphatic rings. The second-order valence-corrected chi connectivity index (χ2v) is 17.8. The predicted octanol–water partition coefficient (Wildman–Crippen LogP) is 11.3. The Balaban J connectivity index is 1.35. The van der Waals surface area contributed by atoms with Gasteiger partial charge in [-0.25, -0.2) is 9.97 Å². The van der Waals surface area contributed by atoms with Crippen LogP contribution in [0.25, 0.3) is 60.5 Å². The maximum atomic E-state index is 5.32. The Labute approximate surface area is 287 Å². The molecule has 0 amide bonds. The van der Waals surface area contributed by atoms with Gasteiger partial charge in [-0.15, -0.1) is 0 Å². The van der Waals surface area contributed by atoms with Crippen LogP contribution in [-0.2, 0) is 0 Å². The van der Waals surface area contributed by atoms with Crippen LogP contribution in [-0.4, -0.2) is 22.4 Å². The highest BCUT2D eigenvalue weighted by Gasteiger charge is 2.43. The van der Waals surface area contributed by atoms with Crippen LogP contribution in [0.3, 0.4) is 0 Å². The van der Waals surface area contributed by atoms with Crippen LogP contribution < -0.4 is 0 Å². The third kappa shape index (κ3) is 4.71. The van der Waals surface area contributed by atoms with E-state index >= 15 is 0 Å². The van der Waals surface area contributed by atoms with E-state index in [1.165, 1.54) is 49.4 Å². The maximum absolute atomic E-state index is 5.32. The molecule has 0 N–H and O–H groups in total. The quantitative estimate of drug-likeness (QED) is 0.174. The van der Waals surface area contributed by atoms with Gasteiger partial charge in [-0.05, 0) is 81.0 Å². The molecule has 0 aliphatic carbocycles. The molecule has 3 nitrogen and oxygen atoms in total. The molecule has 1 aliphatic heterocycles. The summed E-state index contributed by atoms with van der Waals surface area (Å²) in [4.78, 5) is 10.4. The first-order valence-corrected chi connectivity index (χ1v) is 19.9. The molecule has 4 heteroatoms. The standard InChI is InChI=1S/C45H35N3Si/c1-30-16-14-21-33(28-30)42-40(31-17-6-4-7-18-31)41(32-19-8-5-9-20-32)43(49(42,2)3)34-22-15-23-35(29-34)44-46-37-25-11-10-24-36(37)45-47-38-26-12-13-27-39(38)48(44)45/h4-29H,1-3H3. The molecule has 0 saturated heterocycles. The fraction of sp³-hybridized carbons (Fsp3) is 0.0667. The van der Waals surface area contributed by atoms with Gasteiger partial charge in [0, 0.05) is 10.9 Å². The maximum Gasteiger partial charge on any atom is 0.149 e. The van der Waals surface area contributed by atoms with E-state index in [0.29, 0.717) is 0 Å². The summed E-state index contributed by atoms with van der Waals surface area (Å²) < 4.78 is 2.24. The molecule has 49 heavy (non-hydrogen) atoms. The third-order valence-corrected chi connectivity index (χ3v) is 13.6. The van der Waals surface area contributed by atoms with Gasteiger partial charge in [0.15, 0.2) is 0 Å². The number of fused-ring (bicyclic) bond motifs is 5. The highest BCUT2D eigenvalue weighted by Crippen LogP contribution is 2.55. The summed E-state index contributed by atoms with van der Waals surface area (Å²) in [7, 11) is -2.33. The Kier molecular flexibility index (Phi) is 6.82. The fourth-order valence-corrected chi connectivity index (χ4v) is 11.7. The van der Waals surface area contributed by atoms with Gasteiger partial charge in [0.2, 0.25) is 0 Å². The number of rotatable bonds is 5. The second-order valence-electron chi connectivity index (χ2n) is 13.5. The lowest BCUT2D eigenvalue weighted by atomic mass is 9.89. The fourth-order valence-electron chi connectivity index (χ4n) is 7.95. The minimum Gasteiger partial charge on any atom is -0.276 e. The molecule has 8 aromatic rings. The number of hydrogen-bond acceptors (Lipinski definition) is 2. The average Bonchev–Trinajstić information content (AvgIpc) is 3.65. The minimum absolute atomic E-state index is 0.902. The van der Waals surface area contributed by atoms with Gasteiger partial charge >= 0.3 is 0 Å². The van der Waals surface area contributed by atoms with Crippen LogP contribution in [0.15, 0.2) is 158 Å². The molecule has 0 bridgehead atoms. The predicted molar refractivity (Wildman–Crippen MR) is 209 cm³/mol. The summed E-state index contributed by atoms with van der Waals surface area (Å²) in [6.45, 7) is 7.26. The van der Waals surface area contributed by atoms with Crippen molar-refractivity contribution in [3.8, 4) is 11.4 Å². The van der Waals surface area contributed by atoms with E-state index in [1.807, 2.05) is 0 Å². The lowest BCUT2D eigenvalue weighted by molar-refractivity contribution is 1.16. The summed E-state index contributed by atoms with van der Waals surface area (Å²) in [5.41, 5.74) is 14.0. The highest BCUT2D eigenvalue weighted by molar-refractivity contribution is 7.13. The van der Waals surface area contributed by atoms with Crippen molar-refractivity contribution in [1.82, 2.24) is 14.4 Å². The zero-order chi connectivity index (χ0) is 33.1. The van der Waals surface area contributed by atoms with Crippen molar-refractivity contribution in [1.29, 1.82) is 0 Å². The zero-order valence-corrected chi connectivity index (χ0v) is 28.9. The minimum atomic E-state index is -2.33. The largest absolute Gasteiger partial charge is 0.276 e. The van der Waals surface area contributed by atoms with Crippen LogP contribution in [0.4, 0.5) is 0 Å². The van der Waals surface area contributed by atoms with Crippen molar-refractivity contribution < 1.29 is 0 Å². The topological polar surface area (TPSA) is 30.2 Å².